The van der Waals surface area contributed by atoms with Gasteiger partial charge < -0.3 is 5.73 Å². The lowest BCUT2D eigenvalue weighted by atomic mass is 9.90. The number of hydrogen-bond donors (Lipinski definition) is 1. The lowest BCUT2D eigenvalue weighted by Crippen LogP contribution is -2.41. The van der Waals surface area contributed by atoms with Gasteiger partial charge in [-0.2, -0.15) is 0 Å². The average Bonchev–Trinajstić information content (AvgIpc) is 2.20. The molecule has 1 aliphatic heterocycles. The normalized spacial score (nSPS) is 27.2. The Bertz CT molecular complexity index is 211. The first-order valence-corrected chi connectivity index (χ1v) is 5.59. The van der Waals surface area contributed by atoms with Crippen LogP contribution in [0, 0.1) is 5.92 Å². The Kier molecular flexibility index (Phi) is 3.45. The molecule has 1 fully saturated rings. The van der Waals surface area contributed by atoms with Crippen LogP contribution in [0.25, 0.3) is 0 Å². The number of hydroxylamine groups is 2. The van der Waals surface area contributed by atoms with E-state index in [4.69, 9.17) is 15.4 Å². The van der Waals surface area contributed by atoms with Gasteiger partial charge in [-0.15, -0.1) is 0 Å². The zero-order chi connectivity index (χ0) is 11.9. The molecule has 1 heterocycles. The molecule has 0 bridgehead atoms. The van der Waals surface area contributed by atoms with Crippen LogP contribution >= 0.6 is 0 Å². The Morgan fingerprint density at radius 3 is 1.80 bits per heavy atom. The Morgan fingerprint density at radius 1 is 1.07 bits per heavy atom. The summed E-state index contributed by atoms with van der Waals surface area (Å²) in [4.78, 5) is 11.4. The molecule has 0 aliphatic carbocycles. The second kappa shape index (κ2) is 4.01. The molecule has 0 spiro atoms. The second-order valence-corrected chi connectivity index (χ2v) is 5.69. The highest BCUT2D eigenvalue weighted by atomic mass is 17.0. The van der Waals surface area contributed by atoms with E-state index in [2.05, 4.69) is 13.8 Å². The maximum absolute atomic E-state index is 6.00. The van der Waals surface area contributed by atoms with Crippen molar-refractivity contribution in [2.24, 2.45) is 11.7 Å². The summed E-state index contributed by atoms with van der Waals surface area (Å²) in [5.74, 6) is 0.527. The summed E-state index contributed by atoms with van der Waals surface area (Å²) < 4.78 is 0. The van der Waals surface area contributed by atoms with Gasteiger partial charge >= 0.3 is 0 Å². The summed E-state index contributed by atoms with van der Waals surface area (Å²) >= 11 is 0. The molecule has 15 heavy (non-hydrogen) atoms. The second-order valence-electron chi connectivity index (χ2n) is 5.69. The van der Waals surface area contributed by atoms with Crippen LogP contribution in [0.15, 0.2) is 0 Å². The standard InChI is InChI=1S/C11H24N2O2/c1-8(2)7-9(12)13-14-10(3,4)11(5,6)15-13/h8-9H,7,12H2,1-6H3. The maximum Gasteiger partial charge on any atom is 0.117 e. The van der Waals surface area contributed by atoms with E-state index in [0.717, 1.165) is 6.42 Å². The minimum atomic E-state index is -0.346. The molecule has 0 saturated carbocycles. The summed E-state index contributed by atoms with van der Waals surface area (Å²) in [6.07, 6.45) is 0.651. The van der Waals surface area contributed by atoms with Gasteiger partial charge in [0.05, 0.1) is 0 Å². The third-order valence-corrected chi connectivity index (χ3v) is 3.07. The van der Waals surface area contributed by atoms with Gasteiger partial charge in [-0.1, -0.05) is 13.8 Å². The molecular weight excluding hydrogens is 192 g/mol. The fourth-order valence-electron chi connectivity index (χ4n) is 1.39. The van der Waals surface area contributed by atoms with Gasteiger partial charge in [0.1, 0.15) is 17.4 Å². The largest absolute Gasteiger partial charge is 0.312 e. The summed E-state index contributed by atoms with van der Waals surface area (Å²) in [5, 5.41) is 1.46. The summed E-state index contributed by atoms with van der Waals surface area (Å²) in [7, 11) is 0. The van der Waals surface area contributed by atoms with Gasteiger partial charge in [0.15, 0.2) is 0 Å². The molecule has 0 aromatic carbocycles. The van der Waals surface area contributed by atoms with Gasteiger partial charge in [0, 0.05) is 0 Å². The molecule has 1 rings (SSSR count). The minimum absolute atomic E-state index is 0.203. The number of hydrogen-bond acceptors (Lipinski definition) is 4. The third-order valence-electron chi connectivity index (χ3n) is 3.07. The Labute approximate surface area is 92.6 Å². The van der Waals surface area contributed by atoms with Crippen molar-refractivity contribution in [3.05, 3.63) is 0 Å². The minimum Gasteiger partial charge on any atom is -0.312 e. The highest BCUT2D eigenvalue weighted by Gasteiger charge is 2.50. The summed E-state index contributed by atoms with van der Waals surface area (Å²) in [6, 6.07) is 0. The molecular formula is C11H24N2O2. The maximum atomic E-state index is 6.00. The first-order chi connectivity index (χ1) is 6.66. The molecule has 0 aromatic heterocycles. The predicted molar refractivity (Wildman–Crippen MR) is 59.6 cm³/mol. The zero-order valence-corrected chi connectivity index (χ0v) is 10.7. The van der Waals surface area contributed by atoms with E-state index >= 15 is 0 Å². The van der Waals surface area contributed by atoms with Crippen LogP contribution < -0.4 is 5.73 Å². The third kappa shape index (κ3) is 2.69. The van der Waals surface area contributed by atoms with Crippen LogP contribution in [-0.4, -0.2) is 22.6 Å². The highest BCUT2D eigenvalue weighted by Crippen LogP contribution is 2.38. The van der Waals surface area contributed by atoms with Crippen LogP contribution in [0.2, 0.25) is 0 Å². The van der Waals surface area contributed by atoms with Crippen LogP contribution in [-0.2, 0) is 9.68 Å². The quantitative estimate of drug-likeness (QED) is 0.784. The number of nitrogens with zero attached hydrogens (tertiary/aromatic N) is 1. The molecule has 1 aliphatic rings. The van der Waals surface area contributed by atoms with Crippen molar-refractivity contribution in [1.82, 2.24) is 5.23 Å². The van der Waals surface area contributed by atoms with Crippen molar-refractivity contribution in [3.8, 4) is 0 Å². The monoisotopic (exact) mass is 216 g/mol. The van der Waals surface area contributed by atoms with E-state index in [0.29, 0.717) is 5.92 Å². The lowest BCUT2D eigenvalue weighted by Gasteiger charge is -2.27. The van der Waals surface area contributed by atoms with E-state index in [-0.39, 0.29) is 17.4 Å². The Morgan fingerprint density at radius 2 is 1.47 bits per heavy atom. The smallest absolute Gasteiger partial charge is 0.117 e. The van der Waals surface area contributed by atoms with Crippen molar-refractivity contribution < 1.29 is 9.68 Å². The molecule has 2 N–H and O–H groups in total. The van der Waals surface area contributed by atoms with E-state index < -0.39 is 0 Å². The van der Waals surface area contributed by atoms with E-state index in [1.165, 1.54) is 5.23 Å². The molecule has 1 unspecified atom stereocenters. The highest BCUT2D eigenvalue weighted by molar-refractivity contribution is 4.91. The Hall–Kier alpha value is -0.160. The average molecular weight is 216 g/mol. The fourth-order valence-corrected chi connectivity index (χ4v) is 1.39. The van der Waals surface area contributed by atoms with Crippen LogP contribution in [0.3, 0.4) is 0 Å². The lowest BCUT2D eigenvalue weighted by molar-refractivity contribution is -0.351. The van der Waals surface area contributed by atoms with Gasteiger partial charge in [-0.25, -0.2) is 0 Å². The van der Waals surface area contributed by atoms with E-state index in [1.807, 2.05) is 27.7 Å². The molecule has 1 saturated heterocycles. The molecule has 90 valence electrons. The number of nitrogens with two attached hydrogens (primary N) is 1. The molecule has 0 radical (unpaired) electrons. The topological polar surface area (TPSA) is 47.7 Å². The van der Waals surface area contributed by atoms with E-state index in [1.54, 1.807) is 0 Å². The first-order valence-electron chi connectivity index (χ1n) is 5.59. The van der Waals surface area contributed by atoms with Gasteiger partial charge in [-0.05, 0) is 45.3 Å². The Balaban J connectivity index is 2.62. The number of rotatable bonds is 3. The fraction of sp³-hybridized carbons (Fsp3) is 1.00. The SMILES string of the molecule is CC(C)CC(N)N1OC(C)(C)C(C)(C)O1. The predicted octanol–water partition coefficient (Wildman–Crippen LogP) is 2.05. The molecule has 0 aromatic rings. The van der Waals surface area contributed by atoms with Crippen molar-refractivity contribution >= 4 is 0 Å². The molecule has 4 heteroatoms. The van der Waals surface area contributed by atoms with Crippen molar-refractivity contribution in [2.75, 3.05) is 0 Å². The molecule has 4 nitrogen and oxygen atoms in total. The van der Waals surface area contributed by atoms with Crippen molar-refractivity contribution in [3.63, 3.8) is 0 Å². The van der Waals surface area contributed by atoms with E-state index in [9.17, 15) is 0 Å². The summed E-state index contributed by atoms with van der Waals surface area (Å²) in [5.41, 5.74) is 5.31. The summed E-state index contributed by atoms with van der Waals surface area (Å²) in [6.45, 7) is 12.3. The zero-order valence-electron chi connectivity index (χ0n) is 10.7. The molecule has 0 amide bonds. The van der Waals surface area contributed by atoms with Crippen LogP contribution in [0.4, 0.5) is 0 Å². The van der Waals surface area contributed by atoms with Gasteiger partial charge in [-0.3, -0.25) is 9.68 Å². The van der Waals surface area contributed by atoms with Crippen molar-refractivity contribution in [1.29, 1.82) is 0 Å². The van der Waals surface area contributed by atoms with Crippen LogP contribution in [0.1, 0.15) is 48.0 Å². The van der Waals surface area contributed by atoms with Gasteiger partial charge in [0.2, 0.25) is 0 Å². The van der Waals surface area contributed by atoms with Gasteiger partial charge in [0.25, 0.3) is 0 Å². The molecule has 1 atom stereocenters. The first kappa shape index (κ1) is 12.9. The van der Waals surface area contributed by atoms with Crippen molar-refractivity contribution in [2.45, 2.75) is 65.3 Å². The van der Waals surface area contributed by atoms with Crippen LogP contribution in [0.5, 0.6) is 0 Å².